The molecular formula is C12H16N2O5. The molecule has 0 aliphatic carbocycles. The zero-order chi connectivity index (χ0) is 14.4. The van der Waals surface area contributed by atoms with Gasteiger partial charge in [-0.2, -0.15) is 0 Å². The van der Waals surface area contributed by atoms with Crippen LogP contribution in [0.15, 0.2) is 18.2 Å². The van der Waals surface area contributed by atoms with Crippen molar-refractivity contribution >= 4 is 17.3 Å². The predicted octanol–water partition coefficient (Wildman–Crippen LogP) is 2.27. The molecule has 1 aromatic carbocycles. The fourth-order valence-corrected chi connectivity index (χ4v) is 1.59. The highest BCUT2D eigenvalue weighted by atomic mass is 16.6. The van der Waals surface area contributed by atoms with Gasteiger partial charge < -0.3 is 15.2 Å². The van der Waals surface area contributed by atoms with Crippen LogP contribution in [0.25, 0.3) is 0 Å². The van der Waals surface area contributed by atoms with E-state index in [-0.39, 0.29) is 18.2 Å². The topological polar surface area (TPSA) is 102 Å². The Morgan fingerprint density at radius 2 is 2.26 bits per heavy atom. The average Bonchev–Trinajstić information content (AvgIpc) is 2.36. The van der Waals surface area contributed by atoms with E-state index in [0.717, 1.165) is 0 Å². The third-order valence-electron chi connectivity index (χ3n) is 2.59. The Kier molecular flexibility index (Phi) is 5.11. The molecule has 0 saturated heterocycles. The normalized spacial score (nSPS) is 11.7. The second-order valence-corrected chi connectivity index (χ2v) is 4.12. The van der Waals surface area contributed by atoms with E-state index in [2.05, 4.69) is 5.32 Å². The van der Waals surface area contributed by atoms with Gasteiger partial charge in [-0.3, -0.25) is 14.9 Å². The number of nitro groups is 1. The highest BCUT2D eigenvalue weighted by Gasteiger charge is 2.13. The molecule has 0 fully saturated rings. The number of nitrogens with zero attached hydrogens (tertiary/aromatic N) is 1. The Labute approximate surface area is 110 Å². The summed E-state index contributed by atoms with van der Waals surface area (Å²) in [6.45, 7) is 1.84. The Morgan fingerprint density at radius 1 is 1.58 bits per heavy atom. The quantitative estimate of drug-likeness (QED) is 0.581. The summed E-state index contributed by atoms with van der Waals surface area (Å²) in [6, 6.07) is 4.17. The molecule has 7 heteroatoms. The second kappa shape index (κ2) is 6.58. The van der Waals surface area contributed by atoms with Gasteiger partial charge in [0.05, 0.1) is 23.8 Å². The number of non-ortho nitro benzene ring substituents is 1. The largest absolute Gasteiger partial charge is 0.494 e. The molecule has 0 radical (unpaired) electrons. The van der Waals surface area contributed by atoms with Crippen molar-refractivity contribution in [1.82, 2.24) is 0 Å². The number of carboxylic acid groups (broad SMARTS) is 1. The van der Waals surface area contributed by atoms with Crippen LogP contribution in [0.4, 0.5) is 11.4 Å². The number of hydrogen-bond donors (Lipinski definition) is 2. The van der Waals surface area contributed by atoms with Gasteiger partial charge in [-0.25, -0.2) is 0 Å². The van der Waals surface area contributed by atoms with Crippen molar-refractivity contribution in [2.45, 2.75) is 25.8 Å². The third-order valence-corrected chi connectivity index (χ3v) is 2.59. The van der Waals surface area contributed by atoms with E-state index < -0.39 is 10.9 Å². The van der Waals surface area contributed by atoms with Crippen LogP contribution in [0, 0.1) is 10.1 Å². The van der Waals surface area contributed by atoms with Crippen LogP contribution in [-0.2, 0) is 4.79 Å². The van der Waals surface area contributed by atoms with Crippen LogP contribution in [0.3, 0.4) is 0 Å². The van der Waals surface area contributed by atoms with Gasteiger partial charge in [0, 0.05) is 18.5 Å². The third kappa shape index (κ3) is 4.46. The van der Waals surface area contributed by atoms with Crippen LogP contribution in [0.2, 0.25) is 0 Å². The van der Waals surface area contributed by atoms with Gasteiger partial charge in [0.15, 0.2) is 0 Å². The fourth-order valence-electron chi connectivity index (χ4n) is 1.59. The smallest absolute Gasteiger partial charge is 0.303 e. The zero-order valence-corrected chi connectivity index (χ0v) is 10.8. The van der Waals surface area contributed by atoms with Gasteiger partial charge in [-0.1, -0.05) is 0 Å². The Balaban J connectivity index is 2.77. The van der Waals surface area contributed by atoms with Gasteiger partial charge >= 0.3 is 5.97 Å². The minimum Gasteiger partial charge on any atom is -0.494 e. The number of rotatable bonds is 7. The lowest BCUT2D eigenvalue weighted by Crippen LogP contribution is -2.17. The summed E-state index contributed by atoms with van der Waals surface area (Å²) in [5.74, 6) is -0.499. The maximum atomic E-state index is 10.6. The van der Waals surface area contributed by atoms with Crippen molar-refractivity contribution in [3.63, 3.8) is 0 Å². The molecule has 104 valence electrons. The van der Waals surface area contributed by atoms with Crippen molar-refractivity contribution < 1.29 is 19.6 Å². The first kappa shape index (κ1) is 14.7. The van der Waals surface area contributed by atoms with E-state index in [0.29, 0.717) is 17.9 Å². The van der Waals surface area contributed by atoms with Gasteiger partial charge in [-0.05, 0) is 19.4 Å². The molecule has 19 heavy (non-hydrogen) atoms. The van der Waals surface area contributed by atoms with Crippen LogP contribution >= 0.6 is 0 Å². The fraction of sp³-hybridized carbons (Fsp3) is 0.417. The molecular weight excluding hydrogens is 252 g/mol. The van der Waals surface area contributed by atoms with Gasteiger partial charge in [0.2, 0.25) is 0 Å². The van der Waals surface area contributed by atoms with Crippen LogP contribution < -0.4 is 10.1 Å². The number of benzene rings is 1. The SMILES string of the molecule is COc1cc([N+](=O)[O-])ccc1NC(C)CCC(=O)O. The maximum absolute atomic E-state index is 10.6. The Morgan fingerprint density at radius 3 is 2.79 bits per heavy atom. The Bertz CT molecular complexity index is 475. The lowest BCUT2D eigenvalue weighted by atomic mass is 10.1. The summed E-state index contributed by atoms with van der Waals surface area (Å²) >= 11 is 0. The predicted molar refractivity (Wildman–Crippen MR) is 69.6 cm³/mol. The number of carboxylic acids is 1. The number of nitrogens with one attached hydrogen (secondary N) is 1. The molecule has 7 nitrogen and oxygen atoms in total. The van der Waals surface area contributed by atoms with Gasteiger partial charge in [-0.15, -0.1) is 0 Å². The lowest BCUT2D eigenvalue weighted by Gasteiger charge is -2.16. The van der Waals surface area contributed by atoms with E-state index in [1.807, 2.05) is 6.92 Å². The van der Waals surface area contributed by atoms with E-state index in [1.54, 1.807) is 6.07 Å². The molecule has 1 atom stereocenters. The first-order chi connectivity index (χ1) is 8.93. The molecule has 0 aliphatic heterocycles. The van der Waals surface area contributed by atoms with Crippen molar-refractivity contribution in [2.75, 3.05) is 12.4 Å². The number of anilines is 1. The number of carbonyl (C=O) groups is 1. The zero-order valence-electron chi connectivity index (χ0n) is 10.8. The van der Waals surface area contributed by atoms with E-state index >= 15 is 0 Å². The van der Waals surface area contributed by atoms with Gasteiger partial charge in [0.25, 0.3) is 5.69 Å². The molecule has 0 aliphatic rings. The molecule has 0 heterocycles. The van der Waals surface area contributed by atoms with E-state index in [9.17, 15) is 14.9 Å². The first-order valence-corrected chi connectivity index (χ1v) is 5.74. The molecule has 1 rings (SSSR count). The highest BCUT2D eigenvalue weighted by Crippen LogP contribution is 2.29. The van der Waals surface area contributed by atoms with Crippen molar-refractivity contribution in [1.29, 1.82) is 0 Å². The summed E-state index contributed by atoms with van der Waals surface area (Å²) in [4.78, 5) is 20.6. The molecule has 0 bridgehead atoms. The molecule has 1 aromatic rings. The summed E-state index contributed by atoms with van der Waals surface area (Å²) < 4.78 is 5.08. The number of hydrogen-bond acceptors (Lipinski definition) is 5. The standard InChI is InChI=1S/C12H16N2O5/c1-8(3-6-12(15)16)13-10-5-4-9(14(17)18)7-11(10)19-2/h4-5,7-8,13H,3,6H2,1-2H3,(H,15,16). The number of aliphatic carboxylic acids is 1. The van der Waals surface area contributed by atoms with Crippen molar-refractivity contribution in [3.8, 4) is 5.75 Å². The molecule has 2 N–H and O–H groups in total. The summed E-state index contributed by atoms with van der Waals surface area (Å²) in [7, 11) is 1.42. The average molecular weight is 268 g/mol. The first-order valence-electron chi connectivity index (χ1n) is 5.74. The molecule has 0 spiro atoms. The molecule has 1 unspecified atom stereocenters. The second-order valence-electron chi connectivity index (χ2n) is 4.12. The summed E-state index contributed by atoms with van der Waals surface area (Å²) in [5, 5.41) is 22.3. The number of methoxy groups -OCH3 is 1. The van der Waals surface area contributed by atoms with E-state index in [1.165, 1.54) is 19.2 Å². The number of ether oxygens (including phenoxy) is 1. The summed E-state index contributed by atoms with van der Waals surface area (Å²) in [5.41, 5.74) is 0.548. The minimum absolute atomic E-state index is 0.0550. The van der Waals surface area contributed by atoms with Crippen molar-refractivity contribution in [3.05, 3.63) is 28.3 Å². The highest BCUT2D eigenvalue weighted by molar-refractivity contribution is 5.67. The number of nitro benzene ring substituents is 1. The van der Waals surface area contributed by atoms with Crippen LogP contribution in [0.5, 0.6) is 5.75 Å². The maximum Gasteiger partial charge on any atom is 0.303 e. The minimum atomic E-state index is -0.857. The monoisotopic (exact) mass is 268 g/mol. The lowest BCUT2D eigenvalue weighted by molar-refractivity contribution is -0.384. The van der Waals surface area contributed by atoms with Crippen LogP contribution in [-0.4, -0.2) is 29.2 Å². The van der Waals surface area contributed by atoms with Gasteiger partial charge in [0.1, 0.15) is 5.75 Å². The van der Waals surface area contributed by atoms with E-state index in [4.69, 9.17) is 9.84 Å². The van der Waals surface area contributed by atoms with Crippen molar-refractivity contribution in [2.24, 2.45) is 0 Å². The molecule has 0 saturated carbocycles. The summed E-state index contributed by atoms with van der Waals surface area (Å²) in [6.07, 6.45) is 0.513. The Hall–Kier alpha value is -2.31. The molecule has 0 amide bonds. The molecule has 0 aromatic heterocycles. The van der Waals surface area contributed by atoms with Crippen LogP contribution in [0.1, 0.15) is 19.8 Å².